The van der Waals surface area contributed by atoms with Crippen molar-refractivity contribution < 1.29 is 14.3 Å². The van der Waals surface area contributed by atoms with Crippen LogP contribution in [0.25, 0.3) is 0 Å². The van der Waals surface area contributed by atoms with Crippen LogP contribution in [0.2, 0.25) is 0 Å². The number of rotatable bonds is 5. The molecule has 2 aromatic heterocycles. The van der Waals surface area contributed by atoms with Crippen molar-refractivity contribution in [3.05, 3.63) is 53.7 Å². The fraction of sp³-hybridized carbons (Fsp3) is 0.333. The predicted molar refractivity (Wildman–Crippen MR) is 74.2 cm³/mol. The van der Waals surface area contributed by atoms with E-state index < -0.39 is 6.10 Å². The molecule has 2 aromatic rings. The number of aliphatic hydroxyl groups excluding tert-OH is 1. The minimum absolute atomic E-state index is 0.178. The van der Waals surface area contributed by atoms with Crippen molar-refractivity contribution in [2.45, 2.75) is 32.4 Å². The number of carbonyl (C=O) groups is 1. The quantitative estimate of drug-likeness (QED) is 0.876. The molecular weight excluding hydrogens is 256 g/mol. The Labute approximate surface area is 117 Å². The Morgan fingerprint density at radius 1 is 1.50 bits per heavy atom. The Morgan fingerprint density at radius 3 is 2.95 bits per heavy atom. The van der Waals surface area contributed by atoms with Crippen LogP contribution in [0.5, 0.6) is 0 Å². The predicted octanol–water partition coefficient (Wildman–Crippen LogP) is 2.23. The number of aliphatic hydroxyl groups is 1. The number of amides is 1. The lowest BCUT2D eigenvalue weighted by Gasteiger charge is -2.16. The van der Waals surface area contributed by atoms with Gasteiger partial charge in [0.15, 0.2) is 0 Å². The van der Waals surface area contributed by atoms with Gasteiger partial charge in [0.05, 0.1) is 11.8 Å². The van der Waals surface area contributed by atoms with Crippen LogP contribution < -0.4 is 5.32 Å². The Hall–Kier alpha value is -2.14. The Balaban J connectivity index is 1.91. The molecular formula is C15H18N2O3. The van der Waals surface area contributed by atoms with Gasteiger partial charge in [0.1, 0.15) is 11.9 Å². The molecule has 0 spiro atoms. The number of nitrogens with one attached hydrogen (secondary N) is 1. The summed E-state index contributed by atoms with van der Waals surface area (Å²) in [6, 6.07) is 5.03. The fourth-order valence-corrected chi connectivity index (χ4v) is 1.98. The molecule has 0 aromatic carbocycles. The van der Waals surface area contributed by atoms with Crippen LogP contribution in [-0.2, 0) is 0 Å². The zero-order valence-corrected chi connectivity index (χ0v) is 11.5. The number of pyridine rings is 1. The van der Waals surface area contributed by atoms with Crippen molar-refractivity contribution in [1.82, 2.24) is 10.3 Å². The topological polar surface area (TPSA) is 75.4 Å². The Kier molecular flexibility index (Phi) is 4.53. The van der Waals surface area contributed by atoms with Gasteiger partial charge in [0.25, 0.3) is 5.91 Å². The zero-order chi connectivity index (χ0) is 14.5. The van der Waals surface area contributed by atoms with E-state index in [2.05, 4.69) is 10.3 Å². The van der Waals surface area contributed by atoms with E-state index in [1.807, 2.05) is 13.8 Å². The van der Waals surface area contributed by atoms with Crippen molar-refractivity contribution in [2.75, 3.05) is 0 Å². The van der Waals surface area contributed by atoms with Crippen molar-refractivity contribution in [3.63, 3.8) is 0 Å². The van der Waals surface area contributed by atoms with Gasteiger partial charge < -0.3 is 14.8 Å². The van der Waals surface area contributed by atoms with Crippen molar-refractivity contribution in [3.8, 4) is 0 Å². The molecule has 2 unspecified atom stereocenters. The maximum Gasteiger partial charge on any atom is 0.253 e. The van der Waals surface area contributed by atoms with Gasteiger partial charge in [-0.3, -0.25) is 9.78 Å². The van der Waals surface area contributed by atoms with Gasteiger partial charge in [-0.2, -0.15) is 0 Å². The zero-order valence-electron chi connectivity index (χ0n) is 11.5. The molecule has 1 amide bonds. The van der Waals surface area contributed by atoms with E-state index in [0.29, 0.717) is 17.7 Å². The van der Waals surface area contributed by atoms with Crippen LogP contribution >= 0.6 is 0 Å². The molecule has 0 aliphatic rings. The first-order chi connectivity index (χ1) is 9.56. The molecule has 0 saturated heterocycles. The van der Waals surface area contributed by atoms with Gasteiger partial charge in [-0.25, -0.2) is 0 Å². The van der Waals surface area contributed by atoms with Gasteiger partial charge in [0.2, 0.25) is 0 Å². The Bertz CT molecular complexity index is 566. The normalized spacial score (nSPS) is 13.8. The highest BCUT2D eigenvalue weighted by Gasteiger charge is 2.17. The number of nitrogens with zero attached hydrogens (tertiary/aromatic N) is 1. The SMILES string of the molecule is Cc1cncc(C(=O)NC(C)CC(O)c2ccco2)c1. The van der Waals surface area contributed by atoms with Crippen LogP contribution in [0.1, 0.15) is 41.1 Å². The van der Waals surface area contributed by atoms with Crippen LogP contribution in [0.3, 0.4) is 0 Å². The second-order valence-corrected chi connectivity index (χ2v) is 4.89. The minimum atomic E-state index is -0.726. The van der Waals surface area contributed by atoms with Crippen molar-refractivity contribution >= 4 is 5.91 Å². The van der Waals surface area contributed by atoms with E-state index in [1.165, 1.54) is 12.5 Å². The average molecular weight is 274 g/mol. The first-order valence-electron chi connectivity index (χ1n) is 6.50. The number of furan rings is 1. The van der Waals surface area contributed by atoms with Gasteiger partial charge in [-0.15, -0.1) is 0 Å². The van der Waals surface area contributed by atoms with E-state index in [4.69, 9.17) is 4.42 Å². The third-order valence-electron chi connectivity index (χ3n) is 2.96. The molecule has 0 saturated carbocycles. The third-order valence-corrected chi connectivity index (χ3v) is 2.96. The van der Waals surface area contributed by atoms with E-state index >= 15 is 0 Å². The summed E-state index contributed by atoms with van der Waals surface area (Å²) in [5.41, 5.74) is 1.45. The van der Waals surface area contributed by atoms with Crippen LogP contribution in [0.15, 0.2) is 41.3 Å². The standard InChI is InChI=1S/C15H18N2O3/c1-10-6-12(9-16-8-10)15(19)17-11(2)7-13(18)14-4-3-5-20-14/h3-6,8-9,11,13,18H,7H2,1-2H3,(H,17,19). The molecule has 5 heteroatoms. The van der Waals surface area contributed by atoms with Gasteiger partial charge in [-0.05, 0) is 37.6 Å². The van der Waals surface area contributed by atoms with Gasteiger partial charge >= 0.3 is 0 Å². The highest BCUT2D eigenvalue weighted by molar-refractivity contribution is 5.94. The maximum absolute atomic E-state index is 12.0. The molecule has 0 radical (unpaired) electrons. The largest absolute Gasteiger partial charge is 0.467 e. The summed E-state index contributed by atoms with van der Waals surface area (Å²) in [7, 11) is 0. The first-order valence-corrected chi connectivity index (χ1v) is 6.50. The lowest BCUT2D eigenvalue weighted by molar-refractivity contribution is 0.0902. The summed E-state index contributed by atoms with van der Waals surface area (Å²) < 4.78 is 5.13. The summed E-state index contributed by atoms with van der Waals surface area (Å²) in [6.07, 6.45) is 4.40. The summed E-state index contributed by atoms with van der Waals surface area (Å²) in [5, 5.41) is 12.8. The summed E-state index contributed by atoms with van der Waals surface area (Å²) in [5.74, 6) is 0.309. The molecule has 2 atom stereocenters. The number of aryl methyl sites for hydroxylation is 1. The first kappa shape index (κ1) is 14.3. The molecule has 2 rings (SSSR count). The highest BCUT2D eigenvalue weighted by atomic mass is 16.4. The number of aromatic nitrogens is 1. The number of hydrogen-bond acceptors (Lipinski definition) is 4. The molecule has 0 fully saturated rings. The summed E-state index contributed by atoms with van der Waals surface area (Å²) >= 11 is 0. The van der Waals surface area contributed by atoms with Crippen molar-refractivity contribution in [2.24, 2.45) is 0 Å². The minimum Gasteiger partial charge on any atom is -0.467 e. The second kappa shape index (κ2) is 6.34. The Morgan fingerprint density at radius 2 is 2.30 bits per heavy atom. The fourth-order valence-electron chi connectivity index (χ4n) is 1.98. The monoisotopic (exact) mass is 274 g/mol. The molecule has 106 valence electrons. The van der Waals surface area contributed by atoms with E-state index in [1.54, 1.807) is 24.4 Å². The van der Waals surface area contributed by atoms with Crippen LogP contribution in [-0.4, -0.2) is 22.0 Å². The lowest BCUT2D eigenvalue weighted by atomic mass is 10.1. The van der Waals surface area contributed by atoms with Gasteiger partial charge in [0, 0.05) is 24.9 Å². The molecule has 5 nitrogen and oxygen atoms in total. The van der Waals surface area contributed by atoms with E-state index in [0.717, 1.165) is 5.56 Å². The van der Waals surface area contributed by atoms with Crippen LogP contribution in [0.4, 0.5) is 0 Å². The number of hydrogen-bond donors (Lipinski definition) is 2. The van der Waals surface area contributed by atoms with E-state index in [9.17, 15) is 9.90 Å². The molecule has 0 aliphatic heterocycles. The van der Waals surface area contributed by atoms with Crippen molar-refractivity contribution in [1.29, 1.82) is 0 Å². The smallest absolute Gasteiger partial charge is 0.253 e. The van der Waals surface area contributed by atoms with Gasteiger partial charge in [-0.1, -0.05) is 0 Å². The van der Waals surface area contributed by atoms with E-state index in [-0.39, 0.29) is 11.9 Å². The molecule has 2 N–H and O–H groups in total. The number of carbonyl (C=O) groups excluding carboxylic acids is 1. The molecule has 0 bridgehead atoms. The molecule has 20 heavy (non-hydrogen) atoms. The average Bonchev–Trinajstić information content (AvgIpc) is 2.92. The third kappa shape index (κ3) is 3.68. The lowest BCUT2D eigenvalue weighted by Crippen LogP contribution is -2.33. The second-order valence-electron chi connectivity index (χ2n) is 4.89. The maximum atomic E-state index is 12.0. The summed E-state index contributed by atoms with van der Waals surface area (Å²) in [6.45, 7) is 3.72. The highest BCUT2D eigenvalue weighted by Crippen LogP contribution is 2.18. The van der Waals surface area contributed by atoms with Crippen LogP contribution in [0, 0.1) is 6.92 Å². The molecule has 0 aliphatic carbocycles. The summed E-state index contributed by atoms with van der Waals surface area (Å²) in [4.78, 5) is 16.0. The molecule has 2 heterocycles.